The van der Waals surface area contributed by atoms with E-state index in [-0.39, 0.29) is 11.6 Å². The summed E-state index contributed by atoms with van der Waals surface area (Å²) >= 11 is 1.39. The summed E-state index contributed by atoms with van der Waals surface area (Å²) < 4.78 is 26.3. The van der Waals surface area contributed by atoms with Gasteiger partial charge in [0.05, 0.1) is 0 Å². The summed E-state index contributed by atoms with van der Waals surface area (Å²) in [4.78, 5) is 0.406. The van der Waals surface area contributed by atoms with E-state index in [0.29, 0.717) is 16.9 Å². The molecule has 1 aliphatic carbocycles. The van der Waals surface area contributed by atoms with Gasteiger partial charge in [-0.2, -0.15) is 0 Å². The topological polar surface area (TPSA) is 12.0 Å². The van der Waals surface area contributed by atoms with E-state index in [9.17, 15) is 8.78 Å². The van der Waals surface area contributed by atoms with Gasteiger partial charge in [-0.05, 0) is 43.5 Å². The highest BCUT2D eigenvalue weighted by atomic mass is 32.2. The van der Waals surface area contributed by atoms with E-state index in [1.807, 2.05) is 0 Å². The van der Waals surface area contributed by atoms with Crippen LogP contribution in [-0.2, 0) is 0 Å². The highest BCUT2D eigenvalue weighted by Crippen LogP contribution is 2.25. The Morgan fingerprint density at radius 3 is 2.88 bits per heavy atom. The average Bonchev–Trinajstić information content (AvgIpc) is 3.11. The lowest BCUT2D eigenvalue weighted by Gasteiger charge is -2.12. The number of benzene rings is 1. The van der Waals surface area contributed by atoms with Gasteiger partial charge in [0.15, 0.2) is 0 Å². The first-order valence-electron chi connectivity index (χ1n) is 5.96. The van der Waals surface area contributed by atoms with Crippen molar-refractivity contribution in [1.82, 2.24) is 5.32 Å². The van der Waals surface area contributed by atoms with Crippen LogP contribution in [0.4, 0.5) is 8.78 Å². The molecule has 1 aromatic carbocycles. The smallest absolute Gasteiger partial charge is 0.136 e. The quantitative estimate of drug-likeness (QED) is 0.783. The van der Waals surface area contributed by atoms with Crippen molar-refractivity contribution in [3.63, 3.8) is 0 Å². The molecule has 1 unspecified atom stereocenters. The fourth-order valence-corrected chi connectivity index (χ4v) is 2.52. The molecule has 2 rings (SSSR count). The minimum absolute atomic E-state index is 0.334. The molecule has 0 radical (unpaired) electrons. The molecule has 0 amide bonds. The average molecular weight is 257 g/mol. The van der Waals surface area contributed by atoms with Crippen LogP contribution >= 0.6 is 11.8 Å². The third-order valence-corrected chi connectivity index (χ3v) is 4.11. The van der Waals surface area contributed by atoms with Crippen LogP contribution in [0.1, 0.15) is 19.8 Å². The number of rotatable bonds is 6. The van der Waals surface area contributed by atoms with E-state index in [1.54, 1.807) is 0 Å². The summed E-state index contributed by atoms with van der Waals surface area (Å²) in [5, 5.41) is 3.44. The van der Waals surface area contributed by atoms with Crippen LogP contribution in [0.3, 0.4) is 0 Å². The Morgan fingerprint density at radius 2 is 2.18 bits per heavy atom. The lowest BCUT2D eigenvalue weighted by molar-refractivity contribution is 0.554. The molecule has 1 N–H and O–H groups in total. The third kappa shape index (κ3) is 4.28. The molecule has 94 valence electrons. The molecular formula is C13H17F2NS. The van der Waals surface area contributed by atoms with Crippen molar-refractivity contribution in [2.45, 2.75) is 30.7 Å². The summed E-state index contributed by atoms with van der Waals surface area (Å²) in [6.45, 7) is 3.08. The summed E-state index contributed by atoms with van der Waals surface area (Å²) in [5.41, 5.74) is 0. The minimum atomic E-state index is -0.377. The molecule has 1 fully saturated rings. The maximum Gasteiger partial charge on any atom is 0.136 e. The van der Waals surface area contributed by atoms with Gasteiger partial charge in [-0.3, -0.25) is 0 Å². The minimum Gasteiger partial charge on any atom is -0.314 e. The van der Waals surface area contributed by atoms with Crippen molar-refractivity contribution in [3.8, 4) is 0 Å². The second kappa shape index (κ2) is 5.83. The van der Waals surface area contributed by atoms with Crippen LogP contribution in [0, 0.1) is 17.6 Å². The normalized spacial score (nSPS) is 17.1. The van der Waals surface area contributed by atoms with E-state index in [2.05, 4.69) is 12.2 Å². The molecule has 0 aromatic heterocycles. The van der Waals surface area contributed by atoms with E-state index < -0.39 is 0 Å². The number of halogens is 2. The van der Waals surface area contributed by atoms with Gasteiger partial charge in [0.2, 0.25) is 0 Å². The zero-order valence-corrected chi connectivity index (χ0v) is 10.7. The van der Waals surface area contributed by atoms with Gasteiger partial charge >= 0.3 is 0 Å². The Labute approximate surface area is 105 Å². The highest BCUT2D eigenvalue weighted by Gasteiger charge is 2.20. The maximum atomic E-state index is 13.3. The Balaban J connectivity index is 1.77. The van der Waals surface area contributed by atoms with Crippen LogP contribution in [0.5, 0.6) is 0 Å². The molecule has 1 aliphatic rings. The monoisotopic (exact) mass is 257 g/mol. The fourth-order valence-electron chi connectivity index (χ4n) is 1.53. The zero-order chi connectivity index (χ0) is 12.3. The van der Waals surface area contributed by atoms with Gasteiger partial charge in [-0.1, -0.05) is 6.92 Å². The Kier molecular flexibility index (Phi) is 4.40. The van der Waals surface area contributed by atoms with Gasteiger partial charge in [-0.15, -0.1) is 11.8 Å². The summed E-state index contributed by atoms with van der Waals surface area (Å²) in [5.74, 6) is 0.555. The van der Waals surface area contributed by atoms with E-state index in [0.717, 1.165) is 18.4 Å². The Morgan fingerprint density at radius 1 is 1.41 bits per heavy atom. The predicted molar refractivity (Wildman–Crippen MR) is 67.3 cm³/mol. The molecule has 1 saturated carbocycles. The SMILES string of the molecule is CC(CNC1CC1)CSc1cc(F)ccc1F. The molecule has 1 aromatic rings. The molecule has 0 bridgehead atoms. The first-order chi connectivity index (χ1) is 8.15. The number of thioether (sulfide) groups is 1. The molecule has 0 spiro atoms. The number of hydrogen-bond donors (Lipinski definition) is 1. The van der Waals surface area contributed by atoms with Crippen molar-refractivity contribution in [1.29, 1.82) is 0 Å². The largest absolute Gasteiger partial charge is 0.314 e. The summed E-state index contributed by atoms with van der Waals surface area (Å²) in [7, 11) is 0. The second-order valence-corrected chi connectivity index (χ2v) is 5.74. The van der Waals surface area contributed by atoms with Crippen LogP contribution in [0.2, 0.25) is 0 Å². The van der Waals surface area contributed by atoms with Gasteiger partial charge in [0.1, 0.15) is 11.6 Å². The zero-order valence-electron chi connectivity index (χ0n) is 9.88. The van der Waals surface area contributed by atoms with Gasteiger partial charge in [-0.25, -0.2) is 8.78 Å². The highest BCUT2D eigenvalue weighted by molar-refractivity contribution is 7.99. The van der Waals surface area contributed by atoms with Gasteiger partial charge in [0, 0.05) is 16.7 Å². The van der Waals surface area contributed by atoms with Crippen molar-refractivity contribution >= 4 is 11.8 Å². The van der Waals surface area contributed by atoms with Crippen LogP contribution in [0.25, 0.3) is 0 Å². The van der Waals surface area contributed by atoms with Crippen molar-refractivity contribution in [2.75, 3.05) is 12.3 Å². The van der Waals surface area contributed by atoms with E-state index >= 15 is 0 Å². The molecule has 1 atom stereocenters. The molecule has 0 saturated heterocycles. The molecule has 4 heteroatoms. The van der Waals surface area contributed by atoms with Crippen molar-refractivity contribution in [3.05, 3.63) is 29.8 Å². The predicted octanol–water partition coefficient (Wildman–Crippen LogP) is 3.45. The second-order valence-electron chi connectivity index (χ2n) is 4.67. The van der Waals surface area contributed by atoms with Crippen LogP contribution in [0.15, 0.2) is 23.1 Å². The molecule has 0 heterocycles. The third-order valence-electron chi connectivity index (χ3n) is 2.75. The standard InChI is InChI=1S/C13H17F2NS/c1-9(7-16-11-3-4-11)8-17-13-6-10(14)2-5-12(13)15/h2,5-6,9,11,16H,3-4,7-8H2,1H3. The first kappa shape index (κ1) is 12.8. The van der Waals surface area contributed by atoms with Crippen LogP contribution < -0.4 is 5.32 Å². The van der Waals surface area contributed by atoms with Gasteiger partial charge in [0.25, 0.3) is 0 Å². The Hall–Kier alpha value is -0.610. The van der Waals surface area contributed by atoms with Crippen LogP contribution in [-0.4, -0.2) is 18.3 Å². The van der Waals surface area contributed by atoms with Gasteiger partial charge < -0.3 is 5.32 Å². The first-order valence-corrected chi connectivity index (χ1v) is 6.95. The molecular weight excluding hydrogens is 240 g/mol. The Bertz CT molecular complexity index is 380. The molecule has 0 aliphatic heterocycles. The summed E-state index contributed by atoms with van der Waals surface area (Å²) in [6, 6.07) is 4.30. The lowest BCUT2D eigenvalue weighted by Crippen LogP contribution is -2.24. The van der Waals surface area contributed by atoms with E-state index in [1.165, 1.54) is 36.7 Å². The molecule has 1 nitrogen and oxygen atoms in total. The van der Waals surface area contributed by atoms with E-state index in [4.69, 9.17) is 0 Å². The summed E-state index contributed by atoms with van der Waals surface area (Å²) in [6.07, 6.45) is 2.55. The molecule has 17 heavy (non-hydrogen) atoms. The fraction of sp³-hybridized carbons (Fsp3) is 0.538. The number of hydrogen-bond acceptors (Lipinski definition) is 2. The maximum absolute atomic E-state index is 13.3. The van der Waals surface area contributed by atoms with Crippen molar-refractivity contribution < 1.29 is 8.78 Å². The number of nitrogens with one attached hydrogen (secondary N) is 1. The lowest BCUT2D eigenvalue weighted by atomic mass is 10.2. The van der Waals surface area contributed by atoms with Crippen molar-refractivity contribution in [2.24, 2.45) is 5.92 Å².